The van der Waals surface area contributed by atoms with Gasteiger partial charge in [0.15, 0.2) is 0 Å². The molecule has 0 aliphatic heterocycles. The molecule has 0 atom stereocenters. The lowest BCUT2D eigenvalue weighted by Crippen LogP contribution is -2.02. The van der Waals surface area contributed by atoms with Crippen LogP contribution < -0.4 is 11.4 Å². The van der Waals surface area contributed by atoms with Gasteiger partial charge < -0.3 is 14.6 Å². The molecule has 4 heteroatoms. The lowest BCUT2D eigenvalue weighted by molar-refractivity contribution is 0.547. The predicted octanol–water partition coefficient (Wildman–Crippen LogP) is 2.64. The zero-order chi connectivity index (χ0) is 11.8. The Bertz CT molecular complexity index is 726. The van der Waals surface area contributed by atoms with Crippen molar-refractivity contribution in [3.8, 4) is 11.3 Å². The van der Waals surface area contributed by atoms with Gasteiger partial charge in [-0.3, -0.25) is 0 Å². The standard InChI is InChI=1S/C13H9NO3/c14-9-3-4-11-8(6-9)7-10(13(15)17-11)12-2-1-5-16-12/h1-7H,14H2. The second kappa shape index (κ2) is 3.52. The number of hydrogen-bond acceptors (Lipinski definition) is 4. The molecule has 0 unspecified atom stereocenters. The average molecular weight is 227 g/mol. The van der Waals surface area contributed by atoms with Gasteiger partial charge in [0.2, 0.25) is 0 Å². The number of furan rings is 1. The van der Waals surface area contributed by atoms with Crippen molar-refractivity contribution in [1.82, 2.24) is 0 Å². The van der Waals surface area contributed by atoms with Crippen molar-refractivity contribution in [3.63, 3.8) is 0 Å². The van der Waals surface area contributed by atoms with Crippen molar-refractivity contribution < 1.29 is 8.83 Å². The number of benzene rings is 1. The highest BCUT2D eigenvalue weighted by Gasteiger charge is 2.09. The molecule has 84 valence electrons. The Morgan fingerprint density at radius 1 is 1.12 bits per heavy atom. The molecule has 0 saturated carbocycles. The number of nitrogens with two attached hydrogens (primary N) is 1. The monoisotopic (exact) mass is 227 g/mol. The van der Waals surface area contributed by atoms with E-state index >= 15 is 0 Å². The van der Waals surface area contributed by atoms with E-state index in [9.17, 15) is 4.79 Å². The van der Waals surface area contributed by atoms with Crippen LogP contribution in [0.1, 0.15) is 0 Å². The Kier molecular flexibility index (Phi) is 2.01. The van der Waals surface area contributed by atoms with Crippen LogP contribution in [-0.2, 0) is 0 Å². The SMILES string of the molecule is Nc1ccc2oc(=O)c(-c3ccco3)cc2c1. The first-order chi connectivity index (χ1) is 8.24. The van der Waals surface area contributed by atoms with E-state index in [4.69, 9.17) is 14.6 Å². The minimum atomic E-state index is -0.419. The van der Waals surface area contributed by atoms with Crippen LogP contribution in [0.4, 0.5) is 5.69 Å². The smallest absolute Gasteiger partial charge is 0.347 e. The number of rotatable bonds is 1. The summed E-state index contributed by atoms with van der Waals surface area (Å²) in [6.45, 7) is 0. The molecule has 0 spiro atoms. The van der Waals surface area contributed by atoms with Crippen LogP contribution in [0, 0.1) is 0 Å². The van der Waals surface area contributed by atoms with Gasteiger partial charge in [-0.25, -0.2) is 4.79 Å². The van der Waals surface area contributed by atoms with Crippen LogP contribution in [-0.4, -0.2) is 0 Å². The van der Waals surface area contributed by atoms with E-state index in [2.05, 4.69) is 0 Å². The maximum absolute atomic E-state index is 11.8. The normalized spacial score (nSPS) is 10.8. The van der Waals surface area contributed by atoms with Crippen molar-refractivity contribution in [2.45, 2.75) is 0 Å². The van der Waals surface area contributed by atoms with Gasteiger partial charge in [-0.2, -0.15) is 0 Å². The third-order valence-corrected chi connectivity index (χ3v) is 2.54. The topological polar surface area (TPSA) is 69.4 Å². The first-order valence-corrected chi connectivity index (χ1v) is 5.11. The summed E-state index contributed by atoms with van der Waals surface area (Å²) in [5.41, 5.74) is 6.80. The van der Waals surface area contributed by atoms with E-state index in [1.54, 1.807) is 36.4 Å². The first-order valence-electron chi connectivity index (χ1n) is 5.11. The molecule has 3 rings (SSSR count). The Morgan fingerprint density at radius 2 is 2.00 bits per heavy atom. The van der Waals surface area contributed by atoms with Crippen molar-refractivity contribution in [1.29, 1.82) is 0 Å². The summed E-state index contributed by atoms with van der Waals surface area (Å²) >= 11 is 0. The highest BCUT2D eigenvalue weighted by molar-refractivity contribution is 5.83. The number of hydrogen-bond donors (Lipinski definition) is 1. The third-order valence-electron chi connectivity index (χ3n) is 2.54. The van der Waals surface area contributed by atoms with E-state index in [0.717, 1.165) is 5.39 Å². The summed E-state index contributed by atoms with van der Waals surface area (Å²) in [4.78, 5) is 11.8. The second-order valence-electron chi connectivity index (χ2n) is 3.72. The highest BCUT2D eigenvalue weighted by Crippen LogP contribution is 2.22. The van der Waals surface area contributed by atoms with E-state index in [1.165, 1.54) is 6.26 Å². The fourth-order valence-corrected chi connectivity index (χ4v) is 1.75. The summed E-state index contributed by atoms with van der Waals surface area (Å²) in [5.74, 6) is 0.489. The summed E-state index contributed by atoms with van der Waals surface area (Å²) < 4.78 is 10.4. The van der Waals surface area contributed by atoms with Crippen molar-refractivity contribution in [2.24, 2.45) is 0 Å². The fourth-order valence-electron chi connectivity index (χ4n) is 1.75. The summed E-state index contributed by atoms with van der Waals surface area (Å²) in [6.07, 6.45) is 1.51. The molecule has 0 aliphatic rings. The summed E-state index contributed by atoms with van der Waals surface area (Å²) in [7, 11) is 0. The van der Waals surface area contributed by atoms with Crippen LogP contribution in [0.25, 0.3) is 22.3 Å². The molecule has 3 aromatic rings. The number of nitrogen functional groups attached to an aromatic ring is 1. The molecule has 0 bridgehead atoms. The predicted molar refractivity (Wildman–Crippen MR) is 64.6 cm³/mol. The molecule has 0 radical (unpaired) electrons. The molecule has 2 N–H and O–H groups in total. The van der Waals surface area contributed by atoms with Crippen molar-refractivity contribution >= 4 is 16.7 Å². The Hall–Kier alpha value is -2.49. The fraction of sp³-hybridized carbons (Fsp3) is 0. The van der Waals surface area contributed by atoms with Crippen LogP contribution in [0.5, 0.6) is 0 Å². The van der Waals surface area contributed by atoms with E-state index < -0.39 is 5.63 Å². The zero-order valence-electron chi connectivity index (χ0n) is 8.84. The Labute approximate surface area is 96.3 Å². The summed E-state index contributed by atoms with van der Waals surface area (Å²) in [5, 5.41) is 0.774. The van der Waals surface area contributed by atoms with Crippen LogP contribution in [0.3, 0.4) is 0 Å². The summed E-state index contributed by atoms with van der Waals surface area (Å²) in [6, 6.07) is 10.3. The molecule has 0 saturated heterocycles. The molecule has 1 aromatic carbocycles. The molecule has 0 amide bonds. The second-order valence-corrected chi connectivity index (χ2v) is 3.72. The Balaban J connectivity index is 2.33. The van der Waals surface area contributed by atoms with Gasteiger partial charge >= 0.3 is 5.63 Å². The maximum Gasteiger partial charge on any atom is 0.347 e. The molecule has 2 aromatic heterocycles. The lowest BCUT2D eigenvalue weighted by Gasteiger charge is -2.00. The molecule has 0 fully saturated rings. The molecular formula is C13H9NO3. The highest BCUT2D eigenvalue weighted by atomic mass is 16.4. The van der Waals surface area contributed by atoms with Gasteiger partial charge in [-0.15, -0.1) is 0 Å². The van der Waals surface area contributed by atoms with Crippen LogP contribution in [0.15, 0.2) is 56.3 Å². The van der Waals surface area contributed by atoms with Gasteiger partial charge in [0, 0.05) is 11.1 Å². The average Bonchev–Trinajstić information content (AvgIpc) is 2.82. The van der Waals surface area contributed by atoms with Crippen LogP contribution >= 0.6 is 0 Å². The van der Waals surface area contributed by atoms with E-state index in [0.29, 0.717) is 22.6 Å². The van der Waals surface area contributed by atoms with Gasteiger partial charge in [-0.05, 0) is 36.4 Å². The number of anilines is 1. The van der Waals surface area contributed by atoms with Gasteiger partial charge in [0.25, 0.3) is 0 Å². The maximum atomic E-state index is 11.8. The largest absolute Gasteiger partial charge is 0.464 e. The van der Waals surface area contributed by atoms with Gasteiger partial charge in [-0.1, -0.05) is 0 Å². The lowest BCUT2D eigenvalue weighted by atomic mass is 10.1. The molecule has 4 nitrogen and oxygen atoms in total. The molecule has 2 heterocycles. The molecule has 17 heavy (non-hydrogen) atoms. The van der Waals surface area contributed by atoms with E-state index in [-0.39, 0.29) is 0 Å². The van der Waals surface area contributed by atoms with E-state index in [1.807, 2.05) is 0 Å². The van der Waals surface area contributed by atoms with Crippen molar-refractivity contribution in [2.75, 3.05) is 5.73 Å². The van der Waals surface area contributed by atoms with Gasteiger partial charge in [0.1, 0.15) is 16.9 Å². The van der Waals surface area contributed by atoms with Crippen LogP contribution in [0.2, 0.25) is 0 Å². The zero-order valence-corrected chi connectivity index (χ0v) is 8.84. The van der Waals surface area contributed by atoms with Crippen molar-refractivity contribution in [3.05, 3.63) is 53.1 Å². The minimum absolute atomic E-state index is 0.396. The quantitative estimate of drug-likeness (QED) is 0.512. The number of fused-ring (bicyclic) bond motifs is 1. The van der Waals surface area contributed by atoms with Gasteiger partial charge in [0.05, 0.1) is 6.26 Å². The molecule has 0 aliphatic carbocycles. The minimum Gasteiger partial charge on any atom is -0.464 e. The third kappa shape index (κ3) is 1.59. The first kappa shape index (κ1) is 9.72. The molecular weight excluding hydrogens is 218 g/mol. The Morgan fingerprint density at radius 3 is 2.76 bits per heavy atom.